The predicted octanol–water partition coefficient (Wildman–Crippen LogP) is 4.19. The van der Waals surface area contributed by atoms with Gasteiger partial charge in [-0.15, -0.1) is 0 Å². The Morgan fingerprint density at radius 2 is 1.92 bits per heavy atom. The number of amides is 1. The van der Waals surface area contributed by atoms with Crippen LogP contribution in [0.4, 0.5) is 10.5 Å². The standard InChI is InChI=1S/C19H25ClN2O4/c1-11(12-5-7-22(8-6-12)19(24)25)21-16-10-14(18(23)26-2)9-15(17(16)20)13-3-4-13/h9-13,21H,3-8H2,1-2H3,(H,24,25)/t11-/m0/s1. The molecule has 2 fully saturated rings. The van der Waals surface area contributed by atoms with Gasteiger partial charge in [-0.1, -0.05) is 11.6 Å². The van der Waals surface area contributed by atoms with Crippen molar-refractivity contribution in [3.05, 3.63) is 28.3 Å². The number of anilines is 1. The molecule has 0 spiro atoms. The molecule has 1 heterocycles. The number of likely N-dealkylation sites (tertiary alicyclic amines) is 1. The third-order valence-corrected chi connectivity index (χ3v) is 5.86. The molecule has 2 aliphatic rings. The first-order valence-electron chi connectivity index (χ1n) is 9.06. The van der Waals surface area contributed by atoms with E-state index in [-0.39, 0.29) is 12.0 Å². The maximum Gasteiger partial charge on any atom is 0.407 e. The molecule has 1 amide bonds. The van der Waals surface area contributed by atoms with Crippen LogP contribution in [0.2, 0.25) is 5.02 Å². The van der Waals surface area contributed by atoms with Gasteiger partial charge in [0.1, 0.15) is 0 Å². The molecule has 142 valence electrons. The van der Waals surface area contributed by atoms with Gasteiger partial charge in [-0.2, -0.15) is 0 Å². The predicted molar refractivity (Wildman–Crippen MR) is 100 cm³/mol. The summed E-state index contributed by atoms with van der Waals surface area (Å²) in [7, 11) is 1.37. The van der Waals surface area contributed by atoms with Crippen LogP contribution in [0.25, 0.3) is 0 Å². The number of esters is 1. The quantitative estimate of drug-likeness (QED) is 0.748. The highest BCUT2D eigenvalue weighted by molar-refractivity contribution is 6.34. The average molecular weight is 381 g/mol. The highest BCUT2D eigenvalue weighted by atomic mass is 35.5. The van der Waals surface area contributed by atoms with E-state index in [4.69, 9.17) is 21.4 Å². The van der Waals surface area contributed by atoms with Crippen LogP contribution in [0.5, 0.6) is 0 Å². The van der Waals surface area contributed by atoms with Crippen LogP contribution in [-0.4, -0.2) is 48.3 Å². The number of nitrogens with one attached hydrogen (secondary N) is 1. The Balaban J connectivity index is 1.75. The van der Waals surface area contributed by atoms with Crippen LogP contribution in [0.15, 0.2) is 12.1 Å². The van der Waals surface area contributed by atoms with Gasteiger partial charge in [-0.05, 0) is 62.1 Å². The van der Waals surface area contributed by atoms with Gasteiger partial charge in [-0.3, -0.25) is 0 Å². The lowest BCUT2D eigenvalue weighted by Gasteiger charge is -2.34. The summed E-state index contributed by atoms with van der Waals surface area (Å²) in [4.78, 5) is 24.5. The van der Waals surface area contributed by atoms with Gasteiger partial charge in [0.2, 0.25) is 0 Å². The molecule has 2 N–H and O–H groups in total. The van der Waals surface area contributed by atoms with Crippen LogP contribution in [-0.2, 0) is 4.74 Å². The summed E-state index contributed by atoms with van der Waals surface area (Å²) in [5.74, 6) is 0.406. The second kappa shape index (κ2) is 7.74. The third kappa shape index (κ3) is 4.06. The molecule has 6 nitrogen and oxygen atoms in total. The van der Waals surface area contributed by atoms with Crippen molar-refractivity contribution in [1.82, 2.24) is 4.90 Å². The molecule has 1 aliphatic heterocycles. The van der Waals surface area contributed by atoms with E-state index in [9.17, 15) is 9.59 Å². The van der Waals surface area contributed by atoms with Crippen LogP contribution in [0.1, 0.15) is 54.4 Å². The van der Waals surface area contributed by atoms with E-state index in [0.29, 0.717) is 35.5 Å². The minimum atomic E-state index is -0.855. The molecule has 7 heteroatoms. The first kappa shape index (κ1) is 18.8. The molecule has 26 heavy (non-hydrogen) atoms. The number of carboxylic acid groups (broad SMARTS) is 1. The molecule has 1 saturated carbocycles. The number of nitrogens with zero attached hydrogens (tertiary/aromatic N) is 1. The number of halogens is 1. The number of rotatable bonds is 5. The molecule has 1 saturated heterocycles. The normalized spacial score (nSPS) is 19.1. The fourth-order valence-electron chi connectivity index (χ4n) is 3.63. The number of piperidine rings is 1. The van der Waals surface area contributed by atoms with Crippen molar-refractivity contribution in [2.75, 3.05) is 25.5 Å². The number of hydrogen-bond donors (Lipinski definition) is 2. The zero-order valence-corrected chi connectivity index (χ0v) is 15.9. The molecule has 0 unspecified atom stereocenters. The average Bonchev–Trinajstić information content (AvgIpc) is 3.47. The molecule has 1 aromatic rings. The van der Waals surface area contributed by atoms with E-state index < -0.39 is 6.09 Å². The molecule has 3 rings (SSSR count). The first-order chi connectivity index (χ1) is 12.4. The van der Waals surface area contributed by atoms with Crippen molar-refractivity contribution in [3.63, 3.8) is 0 Å². The zero-order valence-electron chi connectivity index (χ0n) is 15.1. The monoisotopic (exact) mass is 380 g/mol. The Bertz CT molecular complexity index is 697. The summed E-state index contributed by atoms with van der Waals surface area (Å²) in [6.45, 7) is 3.18. The van der Waals surface area contributed by atoms with E-state index in [0.717, 1.165) is 36.9 Å². The summed E-state index contributed by atoms with van der Waals surface area (Å²) < 4.78 is 4.87. The maximum absolute atomic E-state index is 12.0. The number of carbonyl (C=O) groups excluding carboxylic acids is 1. The lowest BCUT2D eigenvalue weighted by Crippen LogP contribution is -2.41. The van der Waals surface area contributed by atoms with E-state index in [1.54, 1.807) is 6.07 Å². The molecular formula is C19H25ClN2O4. The Labute approximate surface area is 158 Å². The fraction of sp³-hybridized carbons (Fsp3) is 0.579. The smallest absolute Gasteiger partial charge is 0.407 e. The van der Waals surface area contributed by atoms with Crippen molar-refractivity contribution in [2.24, 2.45) is 5.92 Å². The topological polar surface area (TPSA) is 78.9 Å². The van der Waals surface area contributed by atoms with Gasteiger partial charge in [0.05, 0.1) is 23.4 Å². The van der Waals surface area contributed by atoms with Crippen molar-refractivity contribution in [3.8, 4) is 0 Å². The number of hydrogen-bond acceptors (Lipinski definition) is 4. The fourth-order valence-corrected chi connectivity index (χ4v) is 3.95. The molecular weight excluding hydrogens is 356 g/mol. The summed E-state index contributed by atoms with van der Waals surface area (Å²) in [5.41, 5.74) is 2.27. The van der Waals surface area contributed by atoms with E-state index in [2.05, 4.69) is 12.2 Å². The van der Waals surface area contributed by atoms with Crippen molar-refractivity contribution >= 4 is 29.4 Å². The third-order valence-electron chi connectivity index (χ3n) is 5.44. The summed E-state index contributed by atoms with van der Waals surface area (Å²) in [6.07, 6.45) is 2.95. The van der Waals surface area contributed by atoms with Crippen LogP contribution < -0.4 is 5.32 Å². The van der Waals surface area contributed by atoms with Gasteiger partial charge in [0.15, 0.2) is 0 Å². The maximum atomic E-state index is 12.0. The van der Waals surface area contributed by atoms with Crippen LogP contribution >= 0.6 is 11.6 Å². The second-order valence-corrected chi connectivity index (χ2v) is 7.61. The largest absolute Gasteiger partial charge is 0.465 e. The highest BCUT2D eigenvalue weighted by Gasteiger charge is 2.30. The molecule has 0 bridgehead atoms. The minimum absolute atomic E-state index is 0.128. The van der Waals surface area contributed by atoms with Gasteiger partial charge >= 0.3 is 12.1 Å². The SMILES string of the molecule is COC(=O)c1cc(N[C@@H](C)C2CCN(C(=O)O)CC2)c(Cl)c(C2CC2)c1. The molecule has 0 radical (unpaired) electrons. The van der Waals surface area contributed by atoms with Crippen molar-refractivity contribution in [1.29, 1.82) is 0 Å². The Morgan fingerprint density at radius 1 is 1.27 bits per heavy atom. The Hall–Kier alpha value is -1.95. The molecule has 1 aliphatic carbocycles. The van der Waals surface area contributed by atoms with Crippen LogP contribution in [0, 0.1) is 5.92 Å². The van der Waals surface area contributed by atoms with Gasteiger partial charge < -0.3 is 20.1 Å². The van der Waals surface area contributed by atoms with Gasteiger partial charge in [0, 0.05) is 19.1 Å². The summed E-state index contributed by atoms with van der Waals surface area (Å²) in [5, 5.41) is 13.2. The molecule has 0 aromatic heterocycles. The summed E-state index contributed by atoms with van der Waals surface area (Å²) in [6, 6.07) is 3.72. The Morgan fingerprint density at radius 3 is 2.46 bits per heavy atom. The summed E-state index contributed by atoms with van der Waals surface area (Å²) >= 11 is 6.61. The minimum Gasteiger partial charge on any atom is -0.465 e. The van der Waals surface area contributed by atoms with Crippen LogP contribution in [0.3, 0.4) is 0 Å². The van der Waals surface area contributed by atoms with E-state index in [1.165, 1.54) is 12.0 Å². The van der Waals surface area contributed by atoms with Crippen molar-refractivity contribution < 1.29 is 19.4 Å². The first-order valence-corrected chi connectivity index (χ1v) is 9.44. The zero-order chi connectivity index (χ0) is 18.8. The molecule has 1 atom stereocenters. The van der Waals surface area contributed by atoms with E-state index >= 15 is 0 Å². The molecule has 1 aromatic carbocycles. The van der Waals surface area contributed by atoms with Crippen molar-refractivity contribution in [2.45, 2.75) is 44.6 Å². The number of methoxy groups -OCH3 is 1. The lowest BCUT2D eigenvalue weighted by atomic mass is 9.90. The number of benzene rings is 1. The number of carbonyl (C=O) groups is 2. The van der Waals surface area contributed by atoms with Gasteiger partial charge in [0.25, 0.3) is 0 Å². The highest BCUT2D eigenvalue weighted by Crippen LogP contribution is 2.46. The number of ether oxygens (including phenoxy) is 1. The van der Waals surface area contributed by atoms with E-state index in [1.807, 2.05) is 6.07 Å². The Kier molecular flexibility index (Phi) is 5.61. The second-order valence-electron chi connectivity index (χ2n) is 7.23. The lowest BCUT2D eigenvalue weighted by molar-refractivity contribution is 0.0600. The van der Waals surface area contributed by atoms with Gasteiger partial charge in [-0.25, -0.2) is 9.59 Å².